The Labute approximate surface area is 71.5 Å². The molecule has 4 heteroatoms. The zero-order chi connectivity index (χ0) is 9.14. The molecule has 0 aromatic carbocycles. The van der Waals surface area contributed by atoms with Gasteiger partial charge in [-0.3, -0.25) is 0 Å². The number of rotatable bonds is 2. The fourth-order valence-electron chi connectivity index (χ4n) is 0.855. The Morgan fingerprint density at radius 1 is 1.58 bits per heavy atom. The summed E-state index contributed by atoms with van der Waals surface area (Å²) in [5, 5.41) is 9.21. The standard InChI is InChI=1S/C8H13N3O/c1-5(2)8-10-4-7(12)6(3-9)11-8/h4-5,12H,3,9H2,1-2H3. The van der Waals surface area contributed by atoms with Crippen molar-refractivity contribution < 1.29 is 5.11 Å². The maximum absolute atomic E-state index is 9.21. The van der Waals surface area contributed by atoms with Crippen molar-refractivity contribution in [3.8, 4) is 5.75 Å². The first-order valence-electron chi connectivity index (χ1n) is 3.90. The summed E-state index contributed by atoms with van der Waals surface area (Å²) in [6.07, 6.45) is 1.39. The summed E-state index contributed by atoms with van der Waals surface area (Å²) in [4.78, 5) is 8.07. The lowest BCUT2D eigenvalue weighted by Crippen LogP contribution is -2.05. The highest BCUT2D eigenvalue weighted by Crippen LogP contribution is 2.15. The normalized spacial score (nSPS) is 10.7. The largest absolute Gasteiger partial charge is 0.504 e. The van der Waals surface area contributed by atoms with Crippen LogP contribution >= 0.6 is 0 Å². The molecule has 66 valence electrons. The molecule has 0 aliphatic carbocycles. The summed E-state index contributed by atoms with van der Waals surface area (Å²) >= 11 is 0. The lowest BCUT2D eigenvalue weighted by Gasteiger charge is -2.05. The van der Waals surface area contributed by atoms with E-state index >= 15 is 0 Å². The van der Waals surface area contributed by atoms with Crippen molar-refractivity contribution >= 4 is 0 Å². The van der Waals surface area contributed by atoms with Crippen LogP contribution in [-0.4, -0.2) is 15.1 Å². The van der Waals surface area contributed by atoms with Crippen LogP contribution in [0.15, 0.2) is 6.20 Å². The second-order valence-corrected chi connectivity index (χ2v) is 2.92. The molecule has 0 aliphatic rings. The molecule has 0 aliphatic heterocycles. The van der Waals surface area contributed by atoms with E-state index < -0.39 is 0 Å². The van der Waals surface area contributed by atoms with Gasteiger partial charge in [0.1, 0.15) is 5.82 Å². The van der Waals surface area contributed by atoms with E-state index in [9.17, 15) is 5.11 Å². The van der Waals surface area contributed by atoms with Gasteiger partial charge < -0.3 is 10.8 Å². The van der Waals surface area contributed by atoms with Gasteiger partial charge in [0.05, 0.1) is 11.9 Å². The maximum atomic E-state index is 9.21. The lowest BCUT2D eigenvalue weighted by atomic mass is 10.2. The molecule has 0 saturated carbocycles. The molecule has 0 unspecified atom stereocenters. The molecule has 0 atom stereocenters. The van der Waals surface area contributed by atoms with Crippen LogP contribution in [0.4, 0.5) is 0 Å². The quantitative estimate of drug-likeness (QED) is 0.682. The van der Waals surface area contributed by atoms with Gasteiger partial charge >= 0.3 is 0 Å². The Morgan fingerprint density at radius 3 is 2.75 bits per heavy atom. The summed E-state index contributed by atoms with van der Waals surface area (Å²) < 4.78 is 0. The Kier molecular flexibility index (Phi) is 2.60. The highest BCUT2D eigenvalue weighted by molar-refractivity contribution is 5.23. The second-order valence-electron chi connectivity index (χ2n) is 2.92. The van der Waals surface area contributed by atoms with E-state index in [1.165, 1.54) is 6.20 Å². The molecule has 1 aromatic rings. The van der Waals surface area contributed by atoms with E-state index in [2.05, 4.69) is 9.97 Å². The van der Waals surface area contributed by atoms with Crippen molar-refractivity contribution in [3.05, 3.63) is 17.7 Å². The molecule has 0 bridgehead atoms. The predicted octanol–water partition coefficient (Wildman–Crippen LogP) is 0.764. The Hall–Kier alpha value is -1.16. The lowest BCUT2D eigenvalue weighted by molar-refractivity contribution is 0.458. The third-order valence-electron chi connectivity index (χ3n) is 1.57. The first kappa shape index (κ1) is 8.93. The van der Waals surface area contributed by atoms with Crippen molar-refractivity contribution in [2.24, 2.45) is 5.73 Å². The van der Waals surface area contributed by atoms with Crippen molar-refractivity contribution in [1.82, 2.24) is 9.97 Å². The second kappa shape index (κ2) is 3.49. The zero-order valence-electron chi connectivity index (χ0n) is 7.28. The van der Waals surface area contributed by atoms with E-state index in [-0.39, 0.29) is 18.2 Å². The number of aromatic nitrogens is 2. The molecular weight excluding hydrogens is 154 g/mol. The van der Waals surface area contributed by atoms with Crippen LogP contribution in [0.1, 0.15) is 31.3 Å². The van der Waals surface area contributed by atoms with Gasteiger partial charge in [-0.05, 0) is 0 Å². The molecule has 0 spiro atoms. The Bertz CT molecular complexity index is 273. The van der Waals surface area contributed by atoms with Crippen LogP contribution in [0.3, 0.4) is 0 Å². The Balaban J connectivity index is 3.05. The highest BCUT2D eigenvalue weighted by atomic mass is 16.3. The summed E-state index contributed by atoms with van der Waals surface area (Å²) in [7, 11) is 0. The number of nitrogens with zero attached hydrogens (tertiary/aromatic N) is 2. The fourth-order valence-corrected chi connectivity index (χ4v) is 0.855. The minimum atomic E-state index is 0.0712. The van der Waals surface area contributed by atoms with Crippen LogP contribution in [0, 0.1) is 0 Å². The predicted molar refractivity (Wildman–Crippen MR) is 45.7 cm³/mol. The van der Waals surface area contributed by atoms with Gasteiger partial charge in [-0.25, -0.2) is 9.97 Å². The number of aromatic hydroxyl groups is 1. The maximum Gasteiger partial charge on any atom is 0.156 e. The highest BCUT2D eigenvalue weighted by Gasteiger charge is 2.06. The van der Waals surface area contributed by atoms with Gasteiger partial charge in [0.15, 0.2) is 5.75 Å². The molecule has 0 saturated heterocycles. The zero-order valence-corrected chi connectivity index (χ0v) is 7.28. The molecular formula is C8H13N3O. The molecule has 1 heterocycles. The molecule has 0 fully saturated rings. The molecule has 0 radical (unpaired) electrons. The van der Waals surface area contributed by atoms with E-state index in [0.29, 0.717) is 11.5 Å². The summed E-state index contributed by atoms with van der Waals surface area (Å²) in [6.45, 7) is 4.23. The third kappa shape index (κ3) is 1.71. The van der Waals surface area contributed by atoms with E-state index in [1.807, 2.05) is 13.8 Å². The number of hydrogen-bond acceptors (Lipinski definition) is 4. The Morgan fingerprint density at radius 2 is 2.25 bits per heavy atom. The molecule has 0 amide bonds. The van der Waals surface area contributed by atoms with Crippen LogP contribution in [0.25, 0.3) is 0 Å². The fraction of sp³-hybridized carbons (Fsp3) is 0.500. The molecule has 12 heavy (non-hydrogen) atoms. The third-order valence-corrected chi connectivity index (χ3v) is 1.57. The van der Waals surface area contributed by atoms with Gasteiger partial charge in [-0.15, -0.1) is 0 Å². The summed E-state index contributed by atoms with van der Waals surface area (Å²) in [5.74, 6) is 1.05. The minimum absolute atomic E-state index is 0.0712. The summed E-state index contributed by atoms with van der Waals surface area (Å²) in [5.41, 5.74) is 5.88. The van der Waals surface area contributed by atoms with Crippen LogP contribution in [-0.2, 0) is 6.54 Å². The van der Waals surface area contributed by atoms with Crippen LogP contribution in [0.2, 0.25) is 0 Å². The SMILES string of the molecule is CC(C)c1ncc(O)c(CN)n1. The van der Waals surface area contributed by atoms with Crippen molar-refractivity contribution in [1.29, 1.82) is 0 Å². The van der Waals surface area contributed by atoms with E-state index in [4.69, 9.17) is 5.73 Å². The monoisotopic (exact) mass is 167 g/mol. The molecule has 4 nitrogen and oxygen atoms in total. The number of hydrogen-bond donors (Lipinski definition) is 2. The first-order valence-corrected chi connectivity index (χ1v) is 3.90. The van der Waals surface area contributed by atoms with Crippen molar-refractivity contribution in [2.75, 3.05) is 0 Å². The first-order chi connectivity index (χ1) is 5.65. The van der Waals surface area contributed by atoms with Crippen LogP contribution in [0.5, 0.6) is 5.75 Å². The van der Waals surface area contributed by atoms with Gasteiger partial charge in [-0.2, -0.15) is 0 Å². The molecule has 1 rings (SSSR count). The minimum Gasteiger partial charge on any atom is -0.504 e. The van der Waals surface area contributed by atoms with Gasteiger partial charge in [0.2, 0.25) is 0 Å². The van der Waals surface area contributed by atoms with Gasteiger partial charge in [-0.1, -0.05) is 13.8 Å². The average Bonchev–Trinajstić information content (AvgIpc) is 2.05. The van der Waals surface area contributed by atoms with E-state index in [0.717, 1.165) is 0 Å². The van der Waals surface area contributed by atoms with Crippen molar-refractivity contribution in [2.45, 2.75) is 26.3 Å². The number of nitrogens with two attached hydrogens (primary N) is 1. The smallest absolute Gasteiger partial charge is 0.156 e. The molecule has 1 aromatic heterocycles. The average molecular weight is 167 g/mol. The van der Waals surface area contributed by atoms with Gasteiger partial charge in [0, 0.05) is 12.5 Å². The summed E-state index contributed by atoms with van der Waals surface area (Å²) in [6, 6.07) is 0. The van der Waals surface area contributed by atoms with E-state index in [1.54, 1.807) is 0 Å². The topological polar surface area (TPSA) is 72.0 Å². The molecule has 3 N–H and O–H groups in total. The van der Waals surface area contributed by atoms with Crippen molar-refractivity contribution in [3.63, 3.8) is 0 Å². The van der Waals surface area contributed by atoms with Gasteiger partial charge in [0.25, 0.3) is 0 Å². The van der Waals surface area contributed by atoms with Crippen LogP contribution < -0.4 is 5.73 Å².